The summed E-state index contributed by atoms with van der Waals surface area (Å²) in [5.41, 5.74) is 3.34. The summed E-state index contributed by atoms with van der Waals surface area (Å²) in [6.07, 6.45) is 0.782. The first-order chi connectivity index (χ1) is 12.3. The first kappa shape index (κ1) is 18.9. The third-order valence-corrected chi connectivity index (χ3v) is 6.92. The van der Waals surface area contributed by atoms with Crippen LogP contribution in [0.15, 0.2) is 24.3 Å². The van der Waals surface area contributed by atoms with Crippen LogP contribution in [0.4, 0.5) is 0 Å². The summed E-state index contributed by atoms with van der Waals surface area (Å²) in [6, 6.07) is 7.24. The molecule has 140 valence electrons. The van der Waals surface area contributed by atoms with E-state index >= 15 is 0 Å². The maximum atomic E-state index is 12.3. The first-order valence-corrected chi connectivity index (χ1v) is 10.7. The van der Waals surface area contributed by atoms with Crippen molar-refractivity contribution in [1.82, 2.24) is 15.1 Å². The number of nitrogens with zero attached hydrogens (tertiary/aromatic N) is 2. The number of hydrogen-bond acceptors (Lipinski definition) is 4. The van der Waals surface area contributed by atoms with Crippen molar-refractivity contribution in [1.29, 1.82) is 0 Å². The van der Waals surface area contributed by atoms with E-state index in [0.717, 1.165) is 22.5 Å². The molecule has 0 bridgehead atoms. The Morgan fingerprint density at radius 3 is 2.73 bits per heavy atom. The minimum Gasteiger partial charge on any atom is -0.352 e. The van der Waals surface area contributed by atoms with Gasteiger partial charge in [0.2, 0.25) is 5.91 Å². The summed E-state index contributed by atoms with van der Waals surface area (Å²) in [7, 11) is -2.98. The molecule has 1 unspecified atom stereocenters. The largest absolute Gasteiger partial charge is 0.352 e. The van der Waals surface area contributed by atoms with E-state index in [4.69, 9.17) is 11.6 Å². The van der Waals surface area contributed by atoms with Gasteiger partial charge in [0.15, 0.2) is 9.84 Å². The molecule has 6 nitrogen and oxygen atoms in total. The molecule has 26 heavy (non-hydrogen) atoms. The molecule has 0 aliphatic carbocycles. The summed E-state index contributed by atoms with van der Waals surface area (Å²) in [5, 5.41) is 7.99. The molecule has 0 spiro atoms. The Labute approximate surface area is 158 Å². The highest BCUT2D eigenvalue weighted by Crippen LogP contribution is 2.27. The second-order valence-electron chi connectivity index (χ2n) is 6.70. The smallest absolute Gasteiger partial charge is 0.224 e. The van der Waals surface area contributed by atoms with Crippen molar-refractivity contribution in [3.05, 3.63) is 51.8 Å². The average molecular weight is 396 g/mol. The van der Waals surface area contributed by atoms with E-state index in [1.165, 1.54) is 0 Å². The predicted octanol–water partition coefficient (Wildman–Crippen LogP) is 2.37. The monoisotopic (exact) mass is 395 g/mol. The van der Waals surface area contributed by atoms with Gasteiger partial charge in [-0.2, -0.15) is 5.10 Å². The van der Waals surface area contributed by atoms with Crippen LogP contribution in [-0.4, -0.2) is 35.6 Å². The Bertz CT molecular complexity index is 937. The first-order valence-electron chi connectivity index (χ1n) is 8.52. The van der Waals surface area contributed by atoms with E-state index in [9.17, 15) is 13.2 Å². The highest BCUT2D eigenvalue weighted by atomic mass is 35.5. The lowest BCUT2D eigenvalue weighted by molar-refractivity contribution is -0.120. The summed E-state index contributed by atoms with van der Waals surface area (Å²) < 4.78 is 25.2. The molecule has 1 aromatic heterocycles. The van der Waals surface area contributed by atoms with Gasteiger partial charge in [-0.25, -0.2) is 8.42 Å². The number of benzene rings is 1. The van der Waals surface area contributed by atoms with Crippen molar-refractivity contribution >= 4 is 27.3 Å². The average Bonchev–Trinajstić information content (AvgIpc) is 3.07. The van der Waals surface area contributed by atoms with Crippen molar-refractivity contribution in [2.75, 3.05) is 11.5 Å². The standard InChI is InChI=1S/C18H22ClN3O3S/c1-12-16(9-18(23)20-10-14-5-3-4-6-17(14)19)13(2)22(21-12)15-7-8-26(24,25)11-15/h3-6,15H,7-11H2,1-2H3,(H,20,23). The van der Waals surface area contributed by atoms with Crippen molar-refractivity contribution in [3.63, 3.8) is 0 Å². The van der Waals surface area contributed by atoms with Crippen LogP contribution in [0.2, 0.25) is 5.02 Å². The van der Waals surface area contributed by atoms with E-state index in [1.807, 2.05) is 32.0 Å². The Morgan fingerprint density at radius 2 is 2.08 bits per heavy atom. The van der Waals surface area contributed by atoms with Crippen LogP contribution in [0.1, 0.15) is 35.0 Å². The van der Waals surface area contributed by atoms with Gasteiger partial charge < -0.3 is 5.32 Å². The number of amides is 1. The maximum Gasteiger partial charge on any atom is 0.224 e. The van der Waals surface area contributed by atoms with Crippen molar-refractivity contribution in [2.24, 2.45) is 0 Å². The van der Waals surface area contributed by atoms with Gasteiger partial charge in [0.05, 0.1) is 29.7 Å². The Balaban J connectivity index is 1.68. The van der Waals surface area contributed by atoms with Crippen LogP contribution < -0.4 is 5.32 Å². The molecular weight excluding hydrogens is 374 g/mol. The molecule has 1 aromatic carbocycles. The van der Waals surface area contributed by atoms with Crippen LogP contribution in [0.5, 0.6) is 0 Å². The van der Waals surface area contributed by atoms with Gasteiger partial charge in [0, 0.05) is 22.8 Å². The molecule has 8 heteroatoms. The second-order valence-corrected chi connectivity index (χ2v) is 9.33. The van der Waals surface area contributed by atoms with Crippen molar-refractivity contribution < 1.29 is 13.2 Å². The number of halogens is 1. The molecule has 2 heterocycles. The van der Waals surface area contributed by atoms with Gasteiger partial charge in [-0.05, 0) is 31.9 Å². The van der Waals surface area contributed by atoms with Crippen molar-refractivity contribution in [3.8, 4) is 0 Å². The number of rotatable bonds is 5. The van der Waals surface area contributed by atoms with E-state index < -0.39 is 9.84 Å². The maximum absolute atomic E-state index is 12.3. The fourth-order valence-corrected chi connectivity index (χ4v) is 5.23. The highest BCUT2D eigenvalue weighted by Gasteiger charge is 2.31. The zero-order chi connectivity index (χ0) is 18.9. The molecule has 1 saturated heterocycles. The van der Waals surface area contributed by atoms with E-state index in [0.29, 0.717) is 18.0 Å². The summed E-state index contributed by atoms with van der Waals surface area (Å²) in [5.74, 6) is 0.200. The van der Waals surface area contributed by atoms with Gasteiger partial charge in [0.25, 0.3) is 0 Å². The van der Waals surface area contributed by atoms with Gasteiger partial charge in [-0.15, -0.1) is 0 Å². The van der Waals surface area contributed by atoms with E-state index in [-0.39, 0.29) is 29.9 Å². The summed E-state index contributed by atoms with van der Waals surface area (Å²) in [6.45, 7) is 4.11. The van der Waals surface area contributed by atoms with Gasteiger partial charge in [0.1, 0.15) is 0 Å². The highest BCUT2D eigenvalue weighted by molar-refractivity contribution is 7.91. The number of carbonyl (C=O) groups excluding carboxylic acids is 1. The third-order valence-electron chi connectivity index (χ3n) is 4.80. The predicted molar refractivity (Wildman–Crippen MR) is 101 cm³/mol. The Morgan fingerprint density at radius 1 is 1.35 bits per heavy atom. The Hall–Kier alpha value is -1.86. The molecule has 0 saturated carbocycles. The number of hydrogen-bond donors (Lipinski definition) is 1. The zero-order valence-electron chi connectivity index (χ0n) is 14.8. The van der Waals surface area contributed by atoms with E-state index in [2.05, 4.69) is 10.4 Å². The molecule has 1 atom stereocenters. The molecule has 1 fully saturated rings. The quantitative estimate of drug-likeness (QED) is 0.842. The molecule has 2 aromatic rings. The van der Waals surface area contributed by atoms with Crippen molar-refractivity contribution in [2.45, 2.75) is 39.3 Å². The molecule has 1 amide bonds. The third kappa shape index (κ3) is 4.10. The second kappa shape index (κ2) is 7.40. The topological polar surface area (TPSA) is 81.1 Å². The normalized spacial score (nSPS) is 18.8. The number of sulfone groups is 1. The SMILES string of the molecule is Cc1nn(C2CCS(=O)(=O)C2)c(C)c1CC(=O)NCc1ccccc1Cl. The van der Waals surface area contributed by atoms with Gasteiger partial charge in [-0.3, -0.25) is 9.48 Å². The number of aryl methyl sites for hydroxylation is 1. The minimum atomic E-state index is -2.98. The van der Waals surface area contributed by atoms with Crippen LogP contribution in [-0.2, 0) is 27.6 Å². The minimum absolute atomic E-state index is 0.116. The lowest BCUT2D eigenvalue weighted by Gasteiger charge is -2.11. The Kier molecular flexibility index (Phi) is 5.39. The summed E-state index contributed by atoms with van der Waals surface area (Å²) in [4.78, 5) is 12.3. The lowest BCUT2D eigenvalue weighted by atomic mass is 10.1. The number of aromatic nitrogens is 2. The molecule has 1 aliphatic heterocycles. The molecular formula is C18H22ClN3O3S. The lowest BCUT2D eigenvalue weighted by Crippen LogP contribution is -2.25. The van der Waals surface area contributed by atoms with Crippen LogP contribution in [0.3, 0.4) is 0 Å². The molecule has 1 N–H and O–H groups in total. The fourth-order valence-electron chi connectivity index (χ4n) is 3.34. The molecule has 0 radical (unpaired) electrons. The molecule has 1 aliphatic rings. The summed E-state index contributed by atoms with van der Waals surface area (Å²) >= 11 is 6.10. The fraction of sp³-hybridized carbons (Fsp3) is 0.444. The van der Waals surface area contributed by atoms with Gasteiger partial charge in [-0.1, -0.05) is 29.8 Å². The zero-order valence-corrected chi connectivity index (χ0v) is 16.4. The van der Waals surface area contributed by atoms with E-state index in [1.54, 1.807) is 10.7 Å². The van der Waals surface area contributed by atoms with Crippen LogP contribution in [0, 0.1) is 13.8 Å². The van der Waals surface area contributed by atoms with Gasteiger partial charge >= 0.3 is 0 Å². The van der Waals surface area contributed by atoms with Crippen LogP contribution >= 0.6 is 11.6 Å². The number of nitrogens with one attached hydrogen (secondary N) is 1. The molecule has 3 rings (SSSR count). The van der Waals surface area contributed by atoms with Crippen LogP contribution in [0.25, 0.3) is 0 Å². The number of carbonyl (C=O) groups is 1.